The molecule has 0 saturated carbocycles. The third-order valence-electron chi connectivity index (χ3n) is 7.25. The fourth-order valence-corrected chi connectivity index (χ4v) is 4.93. The molecule has 3 aromatic rings. The summed E-state index contributed by atoms with van der Waals surface area (Å²) in [5.41, 5.74) is 2.33. The summed E-state index contributed by atoms with van der Waals surface area (Å²) in [7, 11) is 1.34. The SMILES string of the molecule is COC(=O)/C(=C\c1ccc(F)cc1)CN1CCN(Cc2ccc(C(=O)OC(C(=O)NC(C)(C)C)c3ccc(F)cc3)cc2)CC1. The first-order valence-electron chi connectivity index (χ1n) is 14.8. The Kier molecular flexibility index (Phi) is 11.2. The van der Waals surface area contributed by atoms with Crippen molar-refractivity contribution in [3.8, 4) is 0 Å². The average molecular weight is 620 g/mol. The third-order valence-corrected chi connectivity index (χ3v) is 7.25. The molecule has 1 aliphatic heterocycles. The third kappa shape index (κ3) is 10.1. The predicted molar refractivity (Wildman–Crippen MR) is 167 cm³/mol. The normalized spacial score (nSPS) is 15.3. The molecule has 4 rings (SSSR count). The zero-order chi connectivity index (χ0) is 32.6. The number of piperazine rings is 1. The van der Waals surface area contributed by atoms with Crippen molar-refractivity contribution in [3.63, 3.8) is 0 Å². The van der Waals surface area contributed by atoms with E-state index >= 15 is 0 Å². The van der Waals surface area contributed by atoms with Crippen molar-refractivity contribution in [2.75, 3.05) is 39.8 Å². The fraction of sp³-hybridized carbons (Fsp3) is 0.343. The van der Waals surface area contributed by atoms with Gasteiger partial charge < -0.3 is 14.8 Å². The molecule has 1 N–H and O–H groups in total. The molecule has 1 unspecified atom stereocenters. The molecule has 1 fully saturated rings. The molecule has 0 spiro atoms. The molecule has 1 aliphatic rings. The van der Waals surface area contributed by atoms with Crippen molar-refractivity contribution in [1.29, 1.82) is 0 Å². The number of esters is 2. The van der Waals surface area contributed by atoms with Crippen LogP contribution in [0.15, 0.2) is 78.4 Å². The fourth-order valence-electron chi connectivity index (χ4n) is 4.93. The minimum atomic E-state index is -1.24. The van der Waals surface area contributed by atoms with E-state index in [2.05, 4.69) is 15.1 Å². The van der Waals surface area contributed by atoms with E-state index in [4.69, 9.17) is 9.47 Å². The number of hydrogen-bond donors (Lipinski definition) is 1. The highest BCUT2D eigenvalue weighted by Gasteiger charge is 2.29. The summed E-state index contributed by atoms with van der Waals surface area (Å²) >= 11 is 0. The highest BCUT2D eigenvalue weighted by molar-refractivity contribution is 5.94. The maximum atomic E-state index is 13.5. The highest BCUT2D eigenvalue weighted by atomic mass is 19.1. The molecule has 10 heteroatoms. The zero-order valence-corrected chi connectivity index (χ0v) is 26.0. The van der Waals surface area contributed by atoms with Crippen LogP contribution in [0.4, 0.5) is 8.78 Å². The smallest absolute Gasteiger partial charge is 0.339 e. The van der Waals surface area contributed by atoms with E-state index in [-0.39, 0.29) is 5.82 Å². The molecular formula is C35H39F2N3O5. The van der Waals surface area contributed by atoms with Gasteiger partial charge in [0.15, 0.2) is 0 Å². The lowest BCUT2D eigenvalue weighted by atomic mass is 10.0. The quantitative estimate of drug-likeness (QED) is 0.248. The van der Waals surface area contributed by atoms with Crippen LogP contribution in [-0.2, 0) is 25.6 Å². The number of nitrogens with zero attached hydrogens (tertiary/aromatic N) is 2. The van der Waals surface area contributed by atoms with E-state index in [0.717, 1.165) is 37.3 Å². The van der Waals surface area contributed by atoms with Gasteiger partial charge in [-0.05, 0) is 74.4 Å². The second-order valence-corrected chi connectivity index (χ2v) is 12.0. The van der Waals surface area contributed by atoms with Crippen LogP contribution in [0.2, 0.25) is 0 Å². The Labute approximate surface area is 262 Å². The number of rotatable bonds is 10. The highest BCUT2D eigenvalue weighted by Crippen LogP contribution is 2.22. The summed E-state index contributed by atoms with van der Waals surface area (Å²) in [6.07, 6.45) is 0.488. The Morgan fingerprint density at radius 2 is 1.40 bits per heavy atom. The Hall–Kier alpha value is -4.41. The van der Waals surface area contributed by atoms with E-state index in [1.165, 1.54) is 43.5 Å². The van der Waals surface area contributed by atoms with E-state index in [9.17, 15) is 23.2 Å². The van der Waals surface area contributed by atoms with Crippen molar-refractivity contribution in [1.82, 2.24) is 15.1 Å². The van der Waals surface area contributed by atoms with Crippen molar-refractivity contribution < 1.29 is 32.6 Å². The summed E-state index contributed by atoms with van der Waals surface area (Å²) in [6.45, 7) is 9.58. The van der Waals surface area contributed by atoms with Gasteiger partial charge in [0.05, 0.1) is 18.2 Å². The van der Waals surface area contributed by atoms with Gasteiger partial charge >= 0.3 is 11.9 Å². The molecule has 0 aliphatic carbocycles. The lowest BCUT2D eigenvalue weighted by Gasteiger charge is -2.35. The average Bonchev–Trinajstić information content (AvgIpc) is 3.01. The first-order chi connectivity index (χ1) is 21.4. The van der Waals surface area contributed by atoms with Crippen LogP contribution in [0.3, 0.4) is 0 Å². The molecule has 8 nitrogen and oxygen atoms in total. The van der Waals surface area contributed by atoms with Gasteiger partial charge in [0.25, 0.3) is 5.91 Å². The summed E-state index contributed by atoms with van der Waals surface area (Å²) in [4.78, 5) is 42.9. The number of hydrogen-bond acceptors (Lipinski definition) is 7. The second-order valence-electron chi connectivity index (χ2n) is 12.0. The van der Waals surface area contributed by atoms with Crippen LogP contribution in [0.1, 0.15) is 53.9 Å². The number of ether oxygens (including phenoxy) is 2. The molecule has 0 aromatic heterocycles. The van der Waals surface area contributed by atoms with Crippen LogP contribution in [0, 0.1) is 11.6 Å². The van der Waals surface area contributed by atoms with Crippen LogP contribution in [0.25, 0.3) is 6.08 Å². The Morgan fingerprint density at radius 3 is 1.96 bits per heavy atom. The number of amides is 1. The monoisotopic (exact) mass is 619 g/mol. The molecule has 45 heavy (non-hydrogen) atoms. The zero-order valence-electron chi connectivity index (χ0n) is 26.0. The molecule has 0 radical (unpaired) electrons. The Morgan fingerprint density at radius 1 is 0.844 bits per heavy atom. The molecule has 1 saturated heterocycles. The minimum absolute atomic E-state index is 0.294. The Bertz CT molecular complexity index is 1490. The van der Waals surface area contributed by atoms with E-state index in [0.29, 0.717) is 29.8 Å². The van der Waals surface area contributed by atoms with Crippen molar-refractivity contribution in [2.45, 2.75) is 39.0 Å². The van der Waals surface area contributed by atoms with Crippen LogP contribution in [0.5, 0.6) is 0 Å². The topological polar surface area (TPSA) is 88.2 Å². The summed E-state index contributed by atoms with van der Waals surface area (Å²) in [6, 6.07) is 18.3. The van der Waals surface area contributed by atoms with Crippen LogP contribution < -0.4 is 5.32 Å². The van der Waals surface area contributed by atoms with Gasteiger partial charge in [-0.3, -0.25) is 14.6 Å². The molecule has 0 bridgehead atoms. The number of benzene rings is 3. The largest absolute Gasteiger partial charge is 0.466 e. The van der Waals surface area contributed by atoms with E-state index in [1.54, 1.807) is 30.3 Å². The van der Waals surface area contributed by atoms with Crippen molar-refractivity contribution in [3.05, 3.63) is 112 Å². The molecule has 1 atom stereocenters. The number of carbonyl (C=O) groups excluding carboxylic acids is 3. The molecule has 3 aromatic carbocycles. The lowest BCUT2D eigenvalue weighted by molar-refractivity contribution is -0.136. The number of carbonyl (C=O) groups is 3. The number of methoxy groups -OCH3 is 1. The van der Waals surface area contributed by atoms with Gasteiger partial charge in [0.2, 0.25) is 6.10 Å². The summed E-state index contributed by atoms with van der Waals surface area (Å²) in [5.74, 6) is -2.37. The number of nitrogens with one attached hydrogen (secondary N) is 1. The summed E-state index contributed by atoms with van der Waals surface area (Å²) in [5, 5.41) is 2.82. The van der Waals surface area contributed by atoms with Crippen molar-refractivity contribution in [2.24, 2.45) is 0 Å². The maximum Gasteiger partial charge on any atom is 0.339 e. The van der Waals surface area contributed by atoms with Gasteiger partial charge in [0.1, 0.15) is 11.6 Å². The minimum Gasteiger partial charge on any atom is -0.466 e. The van der Waals surface area contributed by atoms with Gasteiger partial charge in [-0.15, -0.1) is 0 Å². The van der Waals surface area contributed by atoms with Gasteiger partial charge in [-0.1, -0.05) is 36.4 Å². The molecule has 1 amide bonds. The van der Waals surface area contributed by atoms with Crippen molar-refractivity contribution >= 4 is 23.9 Å². The lowest BCUT2D eigenvalue weighted by Crippen LogP contribution is -2.46. The standard InChI is InChI=1S/C35H39F2N3O5/c1-35(2,3)38-32(41)31(26-11-15-30(37)16-12-26)45-34(43)27-9-5-25(6-10-27)22-39-17-19-40(20-18-39)23-28(33(42)44-4)21-24-7-13-29(36)14-8-24/h5-16,21,31H,17-20,22-23H2,1-4H3,(H,38,41)/b28-21-. The summed E-state index contributed by atoms with van der Waals surface area (Å²) < 4.78 is 37.4. The maximum absolute atomic E-state index is 13.5. The predicted octanol–water partition coefficient (Wildman–Crippen LogP) is 5.15. The second kappa shape index (κ2) is 15.0. The van der Waals surface area contributed by atoms with Gasteiger partial charge in [-0.25, -0.2) is 18.4 Å². The first-order valence-corrected chi connectivity index (χ1v) is 14.8. The van der Waals surface area contributed by atoms with Gasteiger partial charge in [0, 0.05) is 50.4 Å². The molecule has 238 valence electrons. The van der Waals surface area contributed by atoms with Gasteiger partial charge in [-0.2, -0.15) is 0 Å². The molecule has 1 heterocycles. The molecular weight excluding hydrogens is 580 g/mol. The van der Waals surface area contributed by atoms with Crippen LogP contribution >= 0.6 is 0 Å². The Balaban J connectivity index is 1.33. The van der Waals surface area contributed by atoms with E-state index in [1.807, 2.05) is 32.9 Å². The van der Waals surface area contributed by atoms with E-state index < -0.39 is 35.3 Å². The number of halogens is 2. The van der Waals surface area contributed by atoms with Crippen LogP contribution in [-0.4, -0.2) is 73.0 Å². The first kappa shape index (κ1) is 33.5.